The number of carbonyl (C=O) groups is 1. The van der Waals surface area contributed by atoms with E-state index >= 15 is 0 Å². The number of amides is 2. The Morgan fingerprint density at radius 2 is 1.94 bits per heavy atom. The van der Waals surface area contributed by atoms with Gasteiger partial charge in [0.15, 0.2) is 0 Å². The summed E-state index contributed by atoms with van der Waals surface area (Å²) < 4.78 is 24.0. The number of nitrogens with one attached hydrogen (secondary N) is 2. The molecular formula is C11H15F2N3O. The van der Waals surface area contributed by atoms with Crippen LogP contribution in [0.25, 0.3) is 0 Å². The molecule has 0 aliphatic heterocycles. The van der Waals surface area contributed by atoms with Gasteiger partial charge in [0, 0.05) is 11.7 Å². The zero-order chi connectivity index (χ0) is 12.8. The van der Waals surface area contributed by atoms with Crippen molar-refractivity contribution < 1.29 is 13.6 Å². The van der Waals surface area contributed by atoms with Crippen molar-refractivity contribution in [2.75, 3.05) is 11.9 Å². The summed E-state index contributed by atoms with van der Waals surface area (Å²) in [5, 5.41) is 5.12. The molecule has 0 aliphatic rings. The maximum Gasteiger partial charge on any atom is 0.316 e. The predicted octanol–water partition coefficient (Wildman–Crippen LogP) is 2.09. The Bertz CT molecular complexity index is 367. The standard InChI is InChI=1S/C11H15F2N3O/c1-7(15-6-10(12)13)8-2-4-9(5-3-8)16-11(14)17/h2-5,7,10,15H,6H2,1H3,(H3,14,16,17). The summed E-state index contributed by atoms with van der Waals surface area (Å²) in [6.45, 7) is 1.45. The average molecular weight is 243 g/mol. The summed E-state index contributed by atoms with van der Waals surface area (Å²) in [7, 11) is 0. The Balaban J connectivity index is 2.57. The fourth-order valence-corrected chi connectivity index (χ4v) is 1.38. The van der Waals surface area contributed by atoms with Gasteiger partial charge in [-0.1, -0.05) is 12.1 Å². The first-order valence-electron chi connectivity index (χ1n) is 5.17. The lowest BCUT2D eigenvalue weighted by Crippen LogP contribution is -2.24. The molecule has 4 nitrogen and oxygen atoms in total. The third kappa shape index (κ3) is 4.78. The van der Waals surface area contributed by atoms with Gasteiger partial charge in [-0.05, 0) is 24.6 Å². The maximum absolute atomic E-state index is 12.0. The van der Waals surface area contributed by atoms with Gasteiger partial charge in [0.05, 0.1) is 6.54 Å². The van der Waals surface area contributed by atoms with Crippen molar-refractivity contribution in [2.24, 2.45) is 5.73 Å². The fourth-order valence-electron chi connectivity index (χ4n) is 1.38. The van der Waals surface area contributed by atoms with E-state index in [4.69, 9.17) is 5.73 Å². The van der Waals surface area contributed by atoms with Crippen LogP contribution in [-0.4, -0.2) is 19.0 Å². The minimum atomic E-state index is -2.37. The second-order valence-corrected chi connectivity index (χ2v) is 3.63. The molecule has 17 heavy (non-hydrogen) atoms. The molecule has 4 N–H and O–H groups in total. The van der Waals surface area contributed by atoms with Gasteiger partial charge >= 0.3 is 6.03 Å². The number of anilines is 1. The molecule has 0 fully saturated rings. The van der Waals surface area contributed by atoms with Crippen LogP contribution in [0.5, 0.6) is 0 Å². The van der Waals surface area contributed by atoms with Gasteiger partial charge in [-0.25, -0.2) is 13.6 Å². The summed E-state index contributed by atoms with van der Waals surface area (Å²) in [6, 6.07) is 6.01. The largest absolute Gasteiger partial charge is 0.351 e. The molecule has 1 atom stereocenters. The topological polar surface area (TPSA) is 67.2 Å². The Morgan fingerprint density at radius 1 is 1.35 bits per heavy atom. The SMILES string of the molecule is CC(NCC(F)F)c1ccc(NC(N)=O)cc1. The van der Waals surface area contributed by atoms with E-state index in [0.717, 1.165) is 5.56 Å². The number of primary amides is 1. The first kappa shape index (κ1) is 13.4. The molecule has 2 amide bonds. The highest BCUT2D eigenvalue weighted by molar-refractivity contribution is 5.87. The van der Waals surface area contributed by atoms with E-state index in [-0.39, 0.29) is 12.6 Å². The zero-order valence-electron chi connectivity index (χ0n) is 9.41. The number of carbonyl (C=O) groups excluding carboxylic acids is 1. The van der Waals surface area contributed by atoms with Crippen molar-refractivity contribution in [2.45, 2.75) is 19.4 Å². The van der Waals surface area contributed by atoms with Crippen molar-refractivity contribution in [3.63, 3.8) is 0 Å². The Morgan fingerprint density at radius 3 is 2.41 bits per heavy atom. The highest BCUT2D eigenvalue weighted by Gasteiger charge is 2.08. The van der Waals surface area contributed by atoms with E-state index in [9.17, 15) is 13.6 Å². The van der Waals surface area contributed by atoms with Crippen LogP contribution >= 0.6 is 0 Å². The second kappa shape index (κ2) is 6.15. The van der Waals surface area contributed by atoms with E-state index < -0.39 is 12.5 Å². The number of halogens is 2. The van der Waals surface area contributed by atoms with Crippen molar-refractivity contribution in [1.82, 2.24) is 5.32 Å². The predicted molar refractivity (Wildman–Crippen MR) is 62.1 cm³/mol. The molecule has 0 heterocycles. The molecule has 0 bridgehead atoms. The molecular weight excluding hydrogens is 228 g/mol. The number of benzene rings is 1. The van der Waals surface area contributed by atoms with Gasteiger partial charge in [0.25, 0.3) is 6.43 Å². The first-order valence-corrected chi connectivity index (χ1v) is 5.17. The third-order valence-electron chi connectivity index (χ3n) is 2.26. The van der Waals surface area contributed by atoms with Gasteiger partial charge in [-0.3, -0.25) is 0 Å². The van der Waals surface area contributed by atoms with Crippen molar-refractivity contribution >= 4 is 11.7 Å². The van der Waals surface area contributed by atoms with E-state index in [1.807, 2.05) is 0 Å². The lowest BCUT2D eigenvalue weighted by Gasteiger charge is -2.14. The number of hydrogen-bond acceptors (Lipinski definition) is 2. The van der Waals surface area contributed by atoms with Gasteiger partial charge in [-0.2, -0.15) is 0 Å². The van der Waals surface area contributed by atoms with E-state index in [0.29, 0.717) is 5.69 Å². The van der Waals surface area contributed by atoms with Crippen LogP contribution in [0.1, 0.15) is 18.5 Å². The molecule has 1 aromatic carbocycles. The quantitative estimate of drug-likeness (QED) is 0.741. The van der Waals surface area contributed by atoms with Crippen molar-refractivity contribution in [3.8, 4) is 0 Å². The minimum Gasteiger partial charge on any atom is -0.351 e. The zero-order valence-corrected chi connectivity index (χ0v) is 9.41. The first-order chi connectivity index (χ1) is 7.99. The highest BCUT2D eigenvalue weighted by Crippen LogP contribution is 2.16. The Labute approximate surface area is 98.2 Å². The Hall–Kier alpha value is -1.69. The molecule has 6 heteroatoms. The molecule has 0 spiro atoms. The lowest BCUT2D eigenvalue weighted by molar-refractivity contribution is 0.142. The third-order valence-corrected chi connectivity index (χ3v) is 2.26. The van der Waals surface area contributed by atoms with Crippen LogP contribution in [0, 0.1) is 0 Å². The summed E-state index contributed by atoms with van der Waals surface area (Å²) in [6.07, 6.45) is -2.37. The molecule has 0 aromatic heterocycles. The molecule has 0 saturated heterocycles. The monoisotopic (exact) mass is 243 g/mol. The molecule has 1 rings (SSSR count). The fraction of sp³-hybridized carbons (Fsp3) is 0.364. The number of rotatable bonds is 5. The summed E-state index contributed by atoms with van der Waals surface area (Å²) in [5.74, 6) is 0. The number of urea groups is 1. The van der Waals surface area contributed by atoms with Crippen molar-refractivity contribution in [3.05, 3.63) is 29.8 Å². The van der Waals surface area contributed by atoms with Crippen LogP contribution in [0.15, 0.2) is 24.3 Å². The molecule has 94 valence electrons. The van der Waals surface area contributed by atoms with E-state index in [1.165, 1.54) is 0 Å². The average Bonchev–Trinajstić information content (AvgIpc) is 2.26. The van der Waals surface area contributed by atoms with Crippen LogP contribution in [0.3, 0.4) is 0 Å². The van der Waals surface area contributed by atoms with Crippen LogP contribution in [0.2, 0.25) is 0 Å². The summed E-state index contributed by atoms with van der Waals surface area (Å²) in [4.78, 5) is 10.6. The second-order valence-electron chi connectivity index (χ2n) is 3.63. The number of hydrogen-bond donors (Lipinski definition) is 3. The van der Waals surface area contributed by atoms with E-state index in [2.05, 4.69) is 10.6 Å². The van der Waals surface area contributed by atoms with Gasteiger partial charge in [0.2, 0.25) is 0 Å². The normalized spacial score (nSPS) is 12.5. The number of alkyl halides is 2. The van der Waals surface area contributed by atoms with Gasteiger partial charge < -0.3 is 16.4 Å². The van der Waals surface area contributed by atoms with Crippen LogP contribution in [0.4, 0.5) is 19.3 Å². The maximum atomic E-state index is 12.0. The van der Waals surface area contributed by atoms with E-state index in [1.54, 1.807) is 31.2 Å². The smallest absolute Gasteiger partial charge is 0.316 e. The summed E-state index contributed by atoms with van der Waals surface area (Å²) >= 11 is 0. The molecule has 1 aromatic rings. The van der Waals surface area contributed by atoms with Gasteiger partial charge in [-0.15, -0.1) is 0 Å². The van der Waals surface area contributed by atoms with Gasteiger partial charge in [0.1, 0.15) is 0 Å². The Kier molecular flexibility index (Phi) is 4.84. The molecule has 0 aliphatic carbocycles. The molecule has 1 unspecified atom stereocenters. The van der Waals surface area contributed by atoms with Crippen molar-refractivity contribution in [1.29, 1.82) is 0 Å². The summed E-state index contributed by atoms with van der Waals surface area (Å²) in [5.41, 5.74) is 6.39. The van der Waals surface area contributed by atoms with Crippen LogP contribution in [-0.2, 0) is 0 Å². The molecule has 0 radical (unpaired) electrons. The highest BCUT2D eigenvalue weighted by atomic mass is 19.3. The minimum absolute atomic E-state index is 0.174. The number of nitrogens with two attached hydrogens (primary N) is 1. The molecule has 0 saturated carbocycles. The van der Waals surface area contributed by atoms with Crippen LogP contribution < -0.4 is 16.4 Å². The lowest BCUT2D eigenvalue weighted by atomic mass is 10.1.